The maximum absolute atomic E-state index is 4.85. The standard InChI is InChI=1S/C22H26N4S/c1-25(21-10-11-23-22(24-21)16-8-9-16)18-5-4-12-26(14-18)13-17-15-27-20-7-3-2-6-19(17)20/h2-3,6-7,10-11,15-16,18H,4-5,8-9,12-14H2,1H3. The first kappa shape index (κ1) is 17.1. The van der Waals surface area contributed by atoms with Gasteiger partial charge in [0.05, 0.1) is 0 Å². The fourth-order valence-corrected chi connectivity index (χ4v) is 5.13. The maximum Gasteiger partial charge on any atom is 0.133 e. The second-order valence-corrected chi connectivity index (χ2v) is 8.86. The van der Waals surface area contributed by atoms with E-state index in [4.69, 9.17) is 4.98 Å². The summed E-state index contributed by atoms with van der Waals surface area (Å²) in [5.74, 6) is 2.73. The van der Waals surface area contributed by atoms with Crippen LogP contribution in [0.5, 0.6) is 0 Å². The van der Waals surface area contributed by atoms with Crippen molar-refractivity contribution in [3.05, 3.63) is 53.3 Å². The van der Waals surface area contributed by atoms with E-state index in [0.29, 0.717) is 12.0 Å². The van der Waals surface area contributed by atoms with E-state index in [2.05, 4.69) is 57.5 Å². The van der Waals surface area contributed by atoms with Crippen LogP contribution in [-0.2, 0) is 6.54 Å². The largest absolute Gasteiger partial charge is 0.355 e. The zero-order valence-corrected chi connectivity index (χ0v) is 16.7. The summed E-state index contributed by atoms with van der Waals surface area (Å²) in [5.41, 5.74) is 1.47. The molecule has 3 heterocycles. The summed E-state index contributed by atoms with van der Waals surface area (Å²) < 4.78 is 1.40. The Morgan fingerprint density at radius 3 is 2.96 bits per heavy atom. The molecular weight excluding hydrogens is 352 g/mol. The van der Waals surface area contributed by atoms with Gasteiger partial charge in [-0.2, -0.15) is 0 Å². The lowest BCUT2D eigenvalue weighted by Crippen LogP contribution is -2.46. The highest BCUT2D eigenvalue weighted by atomic mass is 32.1. The lowest BCUT2D eigenvalue weighted by Gasteiger charge is -2.38. The van der Waals surface area contributed by atoms with Gasteiger partial charge in [-0.25, -0.2) is 9.97 Å². The SMILES string of the molecule is CN(c1ccnc(C2CC2)n1)C1CCCN(Cc2csc3ccccc23)C1. The molecule has 3 aromatic rings. The van der Waals surface area contributed by atoms with Crippen LogP contribution in [0, 0.1) is 0 Å². The Morgan fingerprint density at radius 2 is 2.07 bits per heavy atom. The third-order valence-electron chi connectivity index (χ3n) is 5.95. The van der Waals surface area contributed by atoms with Crippen molar-refractivity contribution in [2.75, 3.05) is 25.0 Å². The third kappa shape index (κ3) is 3.58. The zero-order valence-electron chi connectivity index (χ0n) is 15.8. The van der Waals surface area contributed by atoms with E-state index >= 15 is 0 Å². The molecule has 1 atom stereocenters. The van der Waals surface area contributed by atoms with Crippen molar-refractivity contribution in [2.45, 2.75) is 44.2 Å². The zero-order chi connectivity index (χ0) is 18.2. The van der Waals surface area contributed by atoms with E-state index in [1.807, 2.05) is 17.5 Å². The molecule has 1 unspecified atom stereocenters. The van der Waals surface area contributed by atoms with Gasteiger partial charge in [0.15, 0.2) is 0 Å². The van der Waals surface area contributed by atoms with Crippen molar-refractivity contribution in [1.29, 1.82) is 0 Å². The molecule has 1 aromatic carbocycles. The predicted octanol–water partition coefficient (Wildman–Crippen LogP) is 4.67. The van der Waals surface area contributed by atoms with Gasteiger partial charge in [-0.3, -0.25) is 4.90 Å². The fourth-order valence-electron chi connectivity index (χ4n) is 4.17. The lowest BCUT2D eigenvalue weighted by atomic mass is 10.0. The van der Waals surface area contributed by atoms with Gasteiger partial charge in [0.1, 0.15) is 11.6 Å². The van der Waals surface area contributed by atoms with Crippen molar-refractivity contribution in [1.82, 2.24) is 14.9 Å². The normalized spacial score (nSPS) is 20.9. The van der Waals surface area contributed by atoms with Crippen LogP contribution in [0.3, 0.4) is 0 Å². The Balaban J connectivity index is 1.29. The molecule has 5 rings (SSSR count). The predicted molar refractivity (Wildman–Crippen MR) is 113 cm³/mol. The number of likely N-dealkylation sites (tertiary alicyclic amines) is 1. The first-order chi connectivity index (χ1) is 13.3. The number of rotatable bonds is 5. The average molecular weight is 379 g/mol. The van der Waals surface area contributed by atoms with Crippen molar-refractivity contribution in [3.8, 4) is 0 Å². The molecule has 0 bridgehead atoms. The summed E-state index contributed by atoms with van der Waals surface area (Å²) in [4.78, 5) is 14.3. The number of piperidine rings is 1. The molecule has 0 N–H and O–H groups in total. The second-order valence-electron chi connectivity index (χ2n) is 7.95. The molecule has 2 aromatic heterocycles. The van der Waals surface area contributed by atoms with Crippen LogP contribution in [0.15, 0.2) is 41.9 Å². The highest BCUT2D eigenvalue weighted by Gasteiger charge is 2.28. The number of hydrogen-bond acceptors (Lipinski definition) is 5. The Hall–Kier alpha value is -1.98. The number of hydrogen-bond donors (Lipinski definition) is 0. The second kappa shape index (κ2) is 7.21. The molecule has 0 radical (unpaired) electrons. The van der Waals surface area contributed by atoms with Crippen molar-refractivity contribution in [3.63, 3.8) is 0 Å². The number of fused-ring (bicyclic) bond motifs is 1. The van der Waals surface area contributed by atoms with Gasteiger partial charge in [0.25, 0.3) is 0 Å². The molecule has 0 spiro atoms. The van der Waals surface area contributed by atoms with Gasteiger partial charge in [-0.15, -0.1) is 11.3 Å². The van der Waals surface area contributed by atoms with Crippen molar-refractivity contribution in [2.24, 2.45) is 0 Å². The van der Waals surface area contributed by atoms with Gasteiger partial charge in [-0.1, -0.05) is 18.2 Å². The number of aromatic nitrogens is 2. The van der Waals surface area contributed by atoms with Crippen LogP contribution in [-0.4, -0.2) is 41.0 Å². The van der Waals surface area contributed by atoms with Gasteiger partial charge in [0, 0.05) is 43.0 Å². The monoisotopic (exact) mass is 378 g/mol. The molecule has 1 saturated heterocycles. The average Bonchev–Trinajstić information content (AvgIpc) is 3.50. The van der Waals surface area contributed by atoms with Crippen LogP contribution in [0.25, 0.3) is 10.1 Å². The Morgan fingerprint density at radius 1 is 1.19 bits per heavy atom. The van der Waals surface area contributed by atoms with E-state index in [1.165, 1.54) is 47.9 Å². The minimum atomic E-state index is 0.519. The minimum absolute atomic E-state index is 0.519. The molecule has 27 heavy (non-hydrogen) atoms. The topological polar surface area (TPSA) is 32.3 Å². The molecule has 2 fully saturated rings. The first-order valence-corrected chi connectivity index (χ1v) is 10.9. The molecule has 1 aliphatic heterocycles. The number of thiophene rings is 1. The molecule has 0 amide bonds. The van der Waals surface area contributed by atoms with Crippen LogP contribution in [0.2, 0.25) is 0 Å². The maximum atomic E-state index is 4.85. The van der Waals surface area contributed by atoms with Crippen LogP contribution < -0.4 is 4.90 Å². The summed E-state index contributed by atoms with van der Waals surface area (Å²) in [5, 5.41) is 3.76. The summed E-state index contributed by atoms with van der Waals surface area (Å²) in [6, 6.07) is 11.4. The number of likely N-dealkylation sites (N-methyl/N-ethyl adjacent to an activating group) is 1. The Bertz CT molecular complexity index is 933. The quantitative estimate of drug-likeness (QED) is 0.646. The molecule has 2 aliphatic rings. The molecule has 4 nitrogen and oxygen atoms in total. The van der Waals surface area contributed by atoms with E-state index in [9.17, 15) is 0 Å². The summed E-state index contributed by atoms with van der Waals surface area (Å²) >= 11 is 1.86. The molecule has 5 heteroatoms. The Labute approximate surface area is 164 Å². The van der Waals surface area contributed by atoms with E-state index in [0.717, 1.165) is 24.7 Å². The highest BCUT2D eigenvalue weighted by molar-refractivity contribution is 7.17. The minimum Gasteiger partial charge on any atom is -0.355 e. The van der Waals surface area contributed by atoms with Crippen LogP contribution >= 0.6 is 11.3 Å². The summed E-state index contributed by atoms with van der Waals surface area (Å²) in [7, 11) is 2.20. The third-order valence-corrected chi connectivity index (χ3v) is 6.96. The van der Waals surface area contributed by atoms with Crippen molar-refractivity contribution < 1.29 is 0 Å². The molecular formula is C22H26N4S. The highest BCUT2D eigenvalue weighted by Crippen LogP contribution is 2.38. The van der Waals surface area contributed by atoms with Crippen molar-refractivity contribution >= 4 is 27.2 Å². The van der Waals surface area contributed by atoms with E-state index in [1.54, 1.807) is 0 Å². The summed E-state index contributed by atoms with van der Waals surface area (Å²) in [6.07, 6.45) is 6.92. The molecule has 140 valence electrons. The first-order valence-electron chi connectivity index (χ1n) is 10.0. The Kier molecular flexibility index (Phi) is 4.58. The van der Waals surface area contributed by atoms with E-state index < -0.39 is 0 Å². The number of anilines is 1. The number of nitrogens with zero attached hydrogens (tertiary/aromatic N) is 4. The lowest BCUT2D eigenvalue weighted by molar-refractivity contribution is 0.199. The molecule has 1 aliphatic carbocycles. The molecule has 1 saturated carbocycles. The van der Waals surface area contributed by atoms with Gasteiger partial charge >= 0.3 is 0 Å². The van der Waals surface area contributed by atoms with E-state index in [-0.39, 0.29) is 0 Å². The van der Waals surface area contributed by atoms with Crippen LogP contribution in [0.4, 0.5) is 5.82 Å². The van der Waals surface area contributed by atoms with Gasteiger partial charge < -0.3 is 4.90 Å². The fraction of sp³-hybridized carbons (Fsp3) is 0.455. The van der Waals surface area contributed by atoms with Gasteiger partial charge in [-0.05, 0) is 60.7 Å². The smallest absolute Gasteiger partial charge is 0.133 e. The summed E-state index contributed by atoms with van der Waals surface area (Å²) in [6.45, 7) is 3.33. The van der Waals surface area contributed by atoms with Gasteiger partial charge in [0.2, 0.25) is 0 Å². The number of benzene rings is 1. The van der Waals surface area contributed by atoms with Crippen LogP contribution in [0.1, 0.15) is 43.0 Å².